The van der Waals surface area contributed by atoms with Crippen LogP contribution in [-0.2, 0) is 4.74 Å². The Balaban J connectivity index is 4.55. The topological polar surface area (TPSA) is 29.5 Å². The third-order valence-corrected chi connectivity index (χ3v) is 1.50. The van der Waals surface area contributed by atoms with Gasteiger partial charge in [0.05, 0.1) is 6.61 Å². The van der Waals surface area contributed by atoms with Gasteiger partial charge in [0.15, 0.2) is 6.10 Å². The molecule has 0 aliphatic rings. The summed E-state index contributed by atoms with van der Waals surface area (Å²) in [6.45, 7) is 6.35. The van der Waals surface area contributed by atoms with Crippen LogP contribution in [0.4, 0.5) is 8.78 Å². The summed E-state index contributed by atoms with van der Waals surface area (Å²) in [5.74, 6) is -3.48. The molecule has 0 fully saturated rings. The SMILES string of the molecule is C=CC(F)(F)C(O)/C(=C/C)OCC. The number of aliphatic hydroxyl groups excluding tert-OH is 1. The van der Waals surface area contributed by atoms with Gasteiger partial charge in [0, 0.05) is 0 Å². The fraction of sp³-hybridized carbons (Fsp3) is 0.556. The predicted octanol–water partition coefficient (Wildman–Crippen LogP) is 2.11. The van der Waals surface area contributed by atoms with Crippen LogP contribution in [0, 0.1) is 0 Å². The van der Waals surface area contributed by atoms with Crippen molar-refractivity contribution in [3.63, 3.8) is 0 Å². The van der Waals surface area contributed by atoms with Gasteiger partial charge in [-0.2, -0.15) is 8.78 Å². The van der Waals surface area contributed by atoms with E-state index in [1.807, 2.05) is 0 Å². The molecule has 0 saturated carbocycles. The van der Waals surface area contributed by atoms with Crippen LogP contribution in [0.3, 0.4) is 0 Å². The van der Waals surface area contributed by atoms with Crippen LogP contribution in [0.15, 0.2) is 24.5 Å². The van der Waals surface area contributed by atoms with E-state index in [1.165, 1.54) is 13.0 Å². The van der Waals surface area contributed by atoms with Crippen LogP contribution in [0.1, 0.15) is 13.8 Å². The van der Waals surface area contributed by atoms with Gasteiger partial charge in [-0.3, -0.25) is 0 Å². The molecule has 2 nitrogen and oxygen atoms in total. The maximum Gasteiger partial charge on any atom is 0.298 e. The Morgan fingerprint density at radius 2 is 2.23 bits per heavy atom. The van der Waals surface area contributed by atoms with Gasteiger partial charge in [0.1, 0.15) is 5.76 Å². The number of aliphatic hydroxyl groups is 1. The Labute approximate surface area is 76.5 Å². The Bertz CT molecular complexity index is 200. The smallest absolute Gasteiger partial charge is 0.298 e. The lowest BCUT2D eigenvalue weighted by Crippen LogP contribution is -2.33. The first-order valence-corrected chi connectivity index (χ1v) is 3.98. The number of alkyl halides is 2. The lowest BCUT2D eigenvalue weighted by Gasteiger charge is -2.21. The average molecular weight is 192 g/mol. The van der Waals surface area contributed by atoms with E-state index in [0.717, 1.165) is 0 Å². The van der Waals surface area contributed by atoms with Gasteiger partial charge < -0.3 is 9.84 Å². The number of halogens is 2. The number of ether oxygens (including phenoxy) is 1. The van der Waals surface area contributed by atoms with E-state index in [1.54, 1.807) is 6.92 Å². The summed E-state index contributed by atoms with van der Waals surface area (Å²) in [6, 6.07) is 0. The molecule has 0 bridgehead atoms. The van der Waals surface area contributed by atoms with Crippen molar-refractivity contribution in [3.05, 3.63) is 24.5 Å². The number of allylic oxidation sites excluding steroid dienone is 1. The minimum atomic E-state index is -3.35. The van der Waals surface area contributed by atoms with E-state index in [-0.39, 0.29) is 12.4 Å². The number of rotatable bonds is 5. The van der Waals surface area contributed by atoms with Crippen molar-refractivity contribution in [1.29, 1.82) is 0 Å². The molecule has 0 aliphatic heterocycles. The molecule has 0 spiro atoms. The van der Waals surface area contributed by atoms with E-state index in [9.17, 15) is 8.78 Å². The fourth-order valence-electron chi connectivity index (χ4n) is 0.788. The average Bonchev–Trinajstić information content (AvgIpc) is 2.13. The molecule has 0 amide bonds. The van der Waals surface area contributed by atoms with E-state index in [0.29, 0.717) is 6.08 Å². The molecular weight excluding hydrogens is 178 g/mol. The zero-order valence-corrected chi connectivity index (χ0v) is 7.76. The summed E-state index contributed by atoms with van der Waals surface area (Å²) >= 11 is 0. The second-order valence-corrected chi connectivity index (χ2v) is 2.41. The molecule has 0 aromatic rings. The third-order valence-electron chi connectivity index (χ3n) is 1.50. The van der Waals surface area contributed by atoms with Crippen molar-refractivity contribution in [2.24, 2.45) is 0 Å². The molecule has 0 aliphatic carbocycles. The highest BCUT2D eigenvalue weighted by atomic mass is 19.3. The van der Waals surface area contributed by atoms with Crippen molar-refractivity contribution in [2.75, 3.05) is 6.61 Å². The first-order valence-electron chi connectivity index (χ1n) is 3.98. The summed E-state index contributed by atoms with van der Waals surface area (Å²) < 4.78 is 30.5. The molecule has 0 saturated heterocycles. The van der Waals surface area contributed by atoms with Crippen molar-refractivity contribution in [1.82, 2.24) is 0 Å². The summed E-state index contributed by atoms with van der Waals surface area (Å²) in [5, 5.41) is 9.15. The maximum atomic E-state index is 12.8. The van der Waals surface area contributed by atoms with Crippen molar-refractivity contribution in [3.8, 4) is 0 Å². The van der Waals surface area contributed by atoms with Gasteiger partial charge in [-0.05, 0) is 26.0 Å². The first kappa shape index (κ1) is 12.1. The van der Waals surface area contributed by atoms with E-state index in [2.05, 4.69) is 6.58 Å². The molecular formula is C9H14F2O2. The quantitative estimate of drug-likeness (QED) is 0.534. The summed E-state index contributed by atoms with van der Waals surface area (Å²) in [5.41, 5.74) is 0. The molecule has 0 heterocycles. The maximum absolute atomic E-state index is 12.8. The molecule has 13 heavy (non-hydrogen) atoms. The standard InChI is InChI=1S/C9H14F2O2/c1-4-7(13-6-3)8(12)9(10,11)5-2/h4-5,8,12H,2,6H2,1,3H3/b7-4-. The number of hydrogen-bond acceptors (Lipinski definition) is 2. The van der Waals surface area contributed by atoms with Gasteiger partial charge in [-0.15, -0.1) is 0 Å². The van der Waals surface area contributed by atoms with Crippen LogP contribution < -0.4 is 0 Å². The van der Waals surface area contributed by atoms with Crippen LogP contribution in [0.5, 0.6) is 0 Å². The lowest BCUT2D eigenvalue weighted by atomic mass is 10.1. The van der Waals surface area contributed by atoms with Crippen LogP contribution >= 0.6 is 0 Å². The van der Waals surface area contributed by atoms with Crippen molar-refractivity contribution < 1.29 is 18.6 Å². The predicted molar refractivity (Wildman–Crippen MR) is 46.5 cm³/mol. The van der Waals surface area contributed by atoms with E-state index in [4.69, 9.17) is 9.84 Å². The largest absolute Gasteiger partial charge is 0.496 e. The monoisotopic (exact) mass is 192 g/mol. The molecule has 0 aromatic heterocycles. The molecule has 0 radical (unpaired) electrons. The lowest BCUT2D eigenvalue weighted by molar-refractivity contribution is -0.0731. The highest BCUT2D eigenvalue weighted by Crippen LogP contribution is 2.25. The van der Waals surface area contributed by atoms with Gasteiger partial charge in [0.25, 0.3) is 5.92 Å². The normalized spacial score (nSPS) is 15.3. The molecule has 0 aromatic carbocycles. The molecule has 4 heteroatoms. The Morgan fingerprint density at radius 3 is 2.54 bits per heavy atom. The first-order chi connectivity index (χ1) is 5.99. The van der Waals surface area contributed by atoms with E-state index < -0.39 is 12.0 Å². The second-order valence-electron chi connectivity index (χ2n) is 2.41. The Kier molecular flexibility index (Phi) is 4.62. The van der Waals surface area contributed by atoms with Gasteiger partial charge in [0.2, 0.25) is 0 Å². The molecule has 76 valence electrons. The summed E-state index contributed by atoms with van der Waals surface area (Å²) in [4.78, 5) is 0. The van der Waals surface area contributed by atoms with Gasteiger partial charge >= 0.3 is 0 Å². The minimum Gasteiger partial charge on any atom is -0.496 e. The molecule has 1 atom stereocenters. The second kappa shape index (κ2) is 4.97. The Morgan fingerprint density at radius 1 is 1.69 bits per heavy atom. The Hall–Kier alpha value is -0.900. The fourth-order valence-corrected chi connectivity index (χ4v) is 0.788. The zero-order valence-electron chi connectivity index (χ0n) is 7.76. The van der Waals surface area contributed by atoms with Crippen molar-refractivity contribution in [2.45, 2.75) is 25.9 Å². The van der Waals surface area contributed by atoms with Crippen LogP contribution in [0.2, 0.25) is 0 Å². The molecule has 1 unspecified atom stereocenters. The van der Waals surface area contributed by atoms with Gasteiger partial charge in [-0.25, -0.2) is 0 Å². The molecule has 1 N–H and O–H groups in total. The summed E-state index contributed by atoms with van der Waals surface area (Å²) in [6.07, 6.45) is -0.235. The van der Waals surface area contributed by atoms with Crippen LogP contribution in [0.25, 0.3) is 0 Å². The molecule has 0 rings (SSSR count). The van der Waals surface area contributed by atoms with Gasteiger partial charge in [-0.1, -0.05) is 6.58 Å². The van der Waals surface area contributed by atoms with E-state index >= 15 is 0 Å². The minimum absolute atomic E-state index is 0.132. The van der Waals surface area contributed by atoms with Crippen LogP contribution in [-0.4, -0.2) is 23.7 Å². The van der Waals surface area contributed by atoms with Crippen molar-refractivity contribution >= 4 is 0 Å². The zero-order chi connectivity index (χ0) is 10.5. The highest BCUT2D eigenvalue weighted by Gasteiger charge is 2.38. The number of hydrogen-bond donors (Lipinski definition) is 1. The summed E-state index contributed by atoms with van der Waals surface area (Å²) in [7, 11) is 0. The highest BCUT2D eigenvalue weighted by molar-refractivity contribution is 5.09. The third kappa shape index (κ3) is 3.14.